The van der Waals surface area contributed by atoms with Crippen LogP contribution in [0.5, 0.6) is 0 Å². The van der Waals surface area contributed by atoms with Gasteiger partial charge in [0.05, 0.1) is 0 Å². The van der Waals surface area contributed by atoms with Crippen molar-refractivity contribution >= 4 is 11.5 Å². The van der Waals surface area contributed by atoms with Gasteiger partial charge in [0.1, 0.15) is 0 Å². The summed E-state index contributed by atoms with van der Waals surface area (Å²) in [5.74, 6) is 0.132. The van der Waals surface area contributed by atoms with Gasteiger partial charge in [-0.2, -0.15) is 0 Å². The van der Waals surface area contributed by atoms with Gasteiger partial charge in [-0.05, 0) is 82.3 Å². The lowest BCUT2D eigenvalue weighted by atomic mass is 10.0. The standard InChI is InChI=1S/C27H40N4O/c1-5-24(22-30-16-6-14-28(3)18-20-30)9-8-23(2)25-10-12-26(13-11-25)27(32)31-17-7-15-29(4)19-21-31/h5,8-13H,2,6-7,14-22H2,1,3-4H3/b9-8-,24-5+. The Labute approximate surface area is 194 Å². The van der Waals surface area contributed by atoms with Crippen molar-refractivity contribution in [1.82, 2.24) is 19.6 Å². The molecule has 0 aliphatic carbocycles. The van der Waals surface area contributed by atoms with Crippen LogP contribution in [0.4, 0.5) is 0 Å². The average molecular weight is 437 g/mol. The minimum absolute atomic E-state index is 0.132. The molecule has 2 heterocycles. The number of carbonyl (C=O) groups excluding carboxylic acids is 1. The van der Waals surface area contributed by atoms with Crippen molar-refractivity contribution < 1.29 is 4.79 Å². The fourth-order valence-electron chi connectivity index (χ4n) is 4.32. The first kappa shape index (κ1) is 24.4. The van der Waals surface area contributed by atoms with Crippen LogP contribution in [0.15, 0.2) is 54.6 Å². The molecular formula is C27H40N4O. The minimum Gasteiger partial charge on any atom is -0.337 e. The van der Waals surface area contributed by atoms with Crippen molar-refractivity contribution in [3.63, 3.8) is 0 Å². The molecule has 2 aliphatic rings. The zero-order valence-corrected chi connectivity index (χ0v) is 20.2. The van der Waals surface area contributed by atoms with E-state index >= 15 is 0 Å². The van der Waals surface area contributed by atoms with Crippen molar-refractivity contribution in [2.45, 2.75) is 19.8 Å². The Morgan fingerprint density at radius 3 is 2.16 bits per heavy atom. The van der Waals surface area contributed by atoms with Gasteiger partial charge in [-0.3, -0.25) is 9.69 Å². The molecule has 1 amide bonds. The molecule has 0 spiro atoms. The SMILES string of the molecule is C=C(/C=C\C(=C/C)CN1CCCN(C)CC1)c1ccc(C(=O)N2CCCN(C)CC2)cc1. The van der Waals surface area contributed by atoms with E-state index in [-0.39, 0.29) is 5.91 Å². The van der Waals surface area contributed by atoms with Gasteiger partial charge in [0, 0.05) is 44.8 Å². The maximum absolute atomic E-state index is 12.9. The first-order valence-corrected chi connectivity index (χ1v) is 12.0. The second kappa shape index (κ2) is 12.1. The summed E-state index contributed by atoms with van der Waals surface area (Å²) in [6, 6.07) is 7.92. The van der Waals surface area contributed by atoms with E-state index in [1.54, 1.807) is 0 Å². The van der Waals surface area contributed by atoms with Crippen LogP contribution in [-0.4, -0.2) is 98.5 Å². The highest BCUT2D eigenvalue weighted by molar-refractivity contribution is 5.94. The summed E-state index contributed by atoms with van der Waals surface area (Å²) in [6.07, 6.45) is 8.73. The second-order valence-corrected chi connectivity index (χ2v) is 9.18. The number of allylic oxidation sites excluding steroid dienone is 3. The molecule has 2 fully saturated rings. The van der Waals surface area contributed by atoms with Crippen molar-refractivity contribution in [2.24, 2.45) is 0 Å². The van der Waals surface area contributed by atoms with E-state index in [1.807, 2.05) is 29.2 Å². The maximum atomic E-state index is 12.9. The quantitative estimate of drug-likeness (QED) is 0.637. The summed E-state index contributed by atoms with van der Waals surface area (Å²) >= 11 is 0. The summed E-state index contributed by atoms with van der Waals surface area (Å²) < 4.78 is 0. The minimum atomic E-state index is 0.132. The Balaban J connectivity index is 1.56. The number of nitrogens with zero attached hydrogens (tertiary/aromatic N) is 4. The van der Waals surface area contributed by atoms with Crippen molar-refractivity contribution in [2.75, 3.05) is 73.0 Å². The van der Waals surface area contributed by atoms with Gasteiger partial charge < -0.3 is 14.7 Å². The molecule has 5 nitrogen and oxygen atoms in total. The molecule has 1 aromatic rings. The number of likely N-dealkylation sites (N-methyl/N-ethyl adjacent to an activating group) is 2. The predicted molar refractivity (Wildman–Crippen MR) is 135 cm³/mol. The van der Waals surface area contributed by atoms with Crippen LogP contribution in [0.3, 0.4) is 0 Å². The molecule has 0 bridgehead atoms. The van der Waals surface area contributed by atoms with Crippen molar-refractivity contribution in [3.8, 4) is 0 Å². The molecular weight excluding hydrogens is 396 g/mol. The van der Waals surface area contributed by atoms with Crippen LogP contribution in [0.25, 0.3) is 5.57 Å². The third-order valence-electron chi connectivity index (χ3n) is 6.60. The molecule has 2 aliphatic heterocycles. The third kappa shape index (κ3) is 7.16. The molecule has 0 aromatic heterocycles. The number of rotatable bonds is 6. The second-order valence-electron chi connectivity index (χ2n) is 9.18. The van der Waals surface area contributed by atoms with E-state index in [2.05, 4.69) is 60.5 Å². The lowest BCUT2D eigenvalue weighted by Gasteiger charge is -2.21. The van der Waals surface area contributed by atoms with Crippen molar-refractivity contribution in [1.29, 1.82) is 0 Å². The Bertz CT molecular complexity index is 827. The molecule has 2 saturated heterocycles. The first-order chi connectivity index (χ1) is 15.5. The van der Waals surface area contributed by atoms with E-state index in [0.717, 1.165) is 75.5 Å². The molecule has 32 heavy (non-hydrogen) atoms. The van der Waals surface area contributed by atoms with Gasteiger partial charge in [0.2, 0.25) is 0 Å². The lowest BCUT2D eigenvalue weighted by Crippen LogP contribution is -2.34. The van der Waals surface area contributed by atoms with E-state index in [0.29, 0.717) is 0 Å². The molecule has 0 atom stereocenters. The smallest absolute Gasteiger partial charge is 0.253 e. The van der Waals surface area contributed by atoms with Crippen LogP contribution < -0.4 is 0 Å². The zero-order valence-electron chi connectivity index (χ0n) is 20.2. The van der Waals surface area contributed by atoms with Crippen LogP contribution >= 0.6 is 0 Å². The number of amides is 1. The predicted octanol–water partition coefficient (Wildman–Crippen LogP) is 3.62. The average Bonchev–Trinajstić information content (AvgIpc) is 3.15. The normalized spacial score (nSPS) is 20.3. The summed E-state index contributed by atoms with van der Waals surface area (Å²) in [7, 11) is 4.32. The number of carbonyl (C=O) groups is 1. The number of hydrogen-bond donors (Lipinski definition) is 0. The van der Waals surface area contributed by atoms with E-state index in [1.165, 1.54) is 18.5 Å². The highest BCUT2D eigenvalue weighted by Crippen LogP contribution is 2.18. The molecule has 0 saturated carbocycles. The van der Waals surface area contributed by atoms with E-state index in [4.69, 9.17) is 0 Å². The van der Waals surface area contributed by atoms with E-state index in [9.17, 15) is 4.79 Å². The third-order valence-corrected chi connectivity index (χ3v) is 6.60. The van der Waals surface area contributed by atoms with E-state index < -0.39 is 0 Å². The van der Waals surface area contributed by atoms with Crippen molar-refractivity contribution in [3.05, 3.63) is 65.8 Å². The van der Waals surface area contributed by atoms with Gasteiger partial charge in [-0.25, -0.2) is 0 Å². The van der Waals surface area contributed by atoms with Gasteiger partial charge >= 0.3 is 0 Å². The summed E-state index contributed by atoms with van der Waals surface area (Å²) in [5, 5.41) is 0. The Morgan fingerprint density at radius 1 is 0.844 bits per heavy atom. The number of hydrogen-bond acceptors (Lipinski definition) is 4. The fourth-order valence-corrected chi connectivity index (χ4v) is 4.32. The molecule has 0 unspecified atom stereocenters. The fraction of sp³-hybridized carbons (Fsp3) is 0.519. The lowest BCUT2D eigenvalue weighted by molar-refractivity contribution is 0.0763. The Hall–Kier alpha value is -2.21. The Kier molecular flexibility index (Phi) is 9.27. The Morgan fingerprint density at radius 2 is 1.47 bits per heavy atom. The van der Waals surface area contributed by atoms with Gasteiger partial charge in [-0.15, -0.1) is 0 Å². The molecule has 0 N–H and O–H groups in total. The van der Waals surface area contributed by atoms with Crippen LogP contribution in [0.2, 0.25) is 0 Å². The van der Waals surface area contributed by atoms with Crippen LogP contribution in [0, 0.1) is 0 Å². The molecule has 0 radical (unpaired) electrons. The zero-order chi connectivity index (χ0) is 22.9. The number of benzene rings is 1. The molecule has 3 rings (SSSR count). The maximum Gasteiger partial charge on any atom is 0.253 e. The molecule has 1 aromatic carbocycles. The van der Waals surface area contributed by atoms with Gasteiger partial charge in [0.25, 0.3) is 5.91 Å². The molecule has 174 valence electrons. The van der Waals surface area contributed by atoms with Crippen LogP contribution in [0.1, 0.15) is 35.7 Å². The molecule has 5 heteroatoms. The van der Waals surface area contributed by atoms with Gasteiger partial charge in [-0.1, -0.05) is 36.9 Å². The first-order valence-electron chi connectivity index (χ1n) is 12.0. The summed E-state index contributed by atoms with van der Waals surface area (Å²) in [4.78, 5) is 22.1. The summed E-state index contributed by atoms with van der Waals surface area (Å²) in [6.45, 7) is 15.5. The summed E-state index contributed by atoms with van der Waals surface area (Å²) in [5.41, 5.74) is 4.10. The van der Waals surface area contributed by atoms with Gasteiger partial charge in [0.15, 0.2) is 0 Å². The van der Waals surface area contributed by atoms with Crippen LogP contribution in [-0.2, 0) is 0 Å². The largest absolute Gasteiger partial charge is 0.337 e. The topological polar surface area (TPSA) is 30.0 Å². The monoisotopic (exact) mass is 436 g/mol. The highest BCUT2D eigenvalue weighted by atomic mass is 16.2. The highest BCUT2D eigenvalue weighted by Gasteiger charge is 2.19.